The van der Waals surface area contributed by atoms with Gasteiger partial charge in [-0.2, -0.15) is 0 Å². The van der Waals surface area contributed by atoms with Crippen molar-refractivity contribution in [1.29, 1.82) is 0 Å². The van der Waals surface area contributed by atoms with Crippen molar-refractivity contribution in [3.8, 4) is 0 Å². The van der Waals surface area contributed by atoms with E-state index in [-0.39, 0.29) is 18.1 Å². The van der Waals surface area contributed by atoms with E-state index in [1.54, 1.807) is 13.3 Å². The van der Waals surface area contributed by atoms with Crippen LogP contribution in [0.2, 0.25) is 0 Å². The summed E-state index contributed by atoms with van der Waals surface area (Å²) in [5.74, 6) is -0.331. The van der Waals surface area contributed by atoms with Crippen LogP contribution >= 0.6 is 0 Å². The van der Waals surface area contributed by atoms with Crippen molar-refractivity contribution in [3.63, 3.8) is 0 Å². The van der Waals surface area contributed by atoms with Crippen molar-refractivity contribution in [2.75, 3.05) is 7.11 Å². The number of aromatic nitrogens is 2. The summed E-state index contributed by atoms with van der Waals surface area (Å²) in [6.45, 7) is 9.64. The van der Waals surface area contributed by atoms with E-state index in [4.69, 9.17) is 9.47 Å². The van der Waals surface area contributed by atoms with Gasteiger partial charge in [0.15, 0.2) is 0 Å². The molecular weight excluding hydrogens is 352 g/mol. The molecule has 0 radical (unpaired) electrons. The third-order valence-electron chi connectivity index (χ3n) is 4.84. The number of hydrogen-bond donors (Lipinski definition) is 0. The molecule has 0 aliphatic carbocycles. The van der Waals surface area contributed by atoms with E-state index in [0.29, 0.717) is 5.56 Å². The first-order valence-electron chi connectivity index (χ1n) is 9.51. The van der Waals surface area contributed by atoms with Crippen molar-refractivity contribution in [1.82, 2.24) is 9.55 Å². The summed E-state index contributed by atoms with van der Waals surface area (Å²) in [7, 11) is 1.71. The minimum Gasteiger partial charge on any atom is -0.456 e. The van der Waals surface area contributed by atoms with Crippen molar-refractivity contribution in [3.05, 3.63) is 65.5 Å². The van der Waals surface area contributed by atoms with Crippen LogP contribution < -0.4 is 0 Å². The smallest absolute Gasteiger partial charge is 0.341 e. The Kier molecular flexibility index (Phi) is 5.57. The molecule has 0 fully saturated rings. The van der Waals surface area contributed by atoms with Gasteiger partial charge in [-0.15, -0.1) is 0 Å². The molecule has 2 heterocycles. The lowest BCUT2D eigenvalue weighted by molar-refractivity contribution is 0.00699. The fraction of sp³-hybridized carbons (Fsp3) is 0.391. The van der Waals surface area contributed by atoms with Gasteiger partial charge in [-0.1, -0.05) is 30.3 Å². The zero-order chi connectivity index (χ0) is 20.5. The summed E-state index contributed by atoms with van der Waals surface area (Å²) < 4.78 is 13.6. The Labute approximate surface area is 166 Å². The number of nitrogens with zero attached hydrogens (tertiary/aromatic N) is 2. The number of pyridine rings is 1. The van der Waals surface area contributed by atoms with Gasteiger partial charge in [-0.05, 0) is 52.3 Å². The van der Waals surface area contributed by atoms with Gasteiger partial charge in [0, 0.05) is 24.4 Å². The van der Waals surface area contributed by atoms with E-state index in [2.05, 4.69) is 16.5 Å². The number of carbonyl (C=O) groups excluding carboxylic acids is 1. The van der Waals surface area contributed by atoms with Crippen LogP contribution in [0, 0.1) is 6.92 Å². The maximum Gasteiger partial charge on any atom is 0.341 e. The lowest BCUT2D eigenvalue weighted by atomic mass is 10.0. The van der Waals surface area contributed by atoms with Crippen molar-refractivity contribution < 1.29 is 14.3 Å². The van der Waals surface area contributed by atoms with Crippen molar-refractivity contribution in [2.45, 2.75) is 52.4 Å². The molecule has 3 rings (SSSR count). The molecule has 0 aliphatic heterocycles. The van der Waals surface area contributed by atoms with Crippen LogP contribution in [0.3, 0.4) is 0 Å². The van der Waals surface area contributed by atoms with Gasteiger partial charge < -0.3 is 14.0 Å². The van der Waals surface area contributed by atoms with Crippen LogP contribution in [0.1, 0.15) is 61.5 Å². The topological polar surface area (TPSA) is 53.4 Å². The summed E-state index contributed by atoms with van der Waals surface area (Å²) in [5, 5.41) is 0.795. The molecular formula is C23H28N2O3. The SMILES string of the molecule is COC(c1ccccc1)C(C)n1c(C)c(C(=O)OC(C)(C)C)c2cccnc21. The van der Waals surface area contributed by atoms with Gasteiger partial charge in [0.2, 0.25) is 0 Å². The molecule has 5 heteroatoms. The average Bonchev–Trinajstić information content (AvgIpc) is 2.93. The largest absolute Gasteiger partial charge is 0.456 e. The molecule has 2 aromatic heterocycles. The van der Waals surface area contributed by atoms with Crippen LogP contribution in [-0.2, 0) is 9.47 Å². The molecule has 1 aromatic carbocycles. The lowest BCUT2D eigenvalue weighted by Gasteiger charge is -2.26. The molecule has 0 aliphatic rings. The van der Waals surface area contributed by atoms with Crippen LogP contribution in [-0.4, -0.2) is 28.2 Å². The maximum atomic E-state index is 12.9. The highest BCUT2D eigenvalue weighted by molar-refractivity contribution is 6.05. The molecule has 0 N–H and O–H groups in total. The van der Waals surface area contributed by atoms with Crippen LogP contribution in [0.25, 0.3) is 11.0 Å². The first-order chi connectivity index (χ1) is 13.2. The van der Waals surface area contributed by atoms with Crippen LogP contribution in [0.4, 0.5) is 0 Å². The molecule has 2 unspecified atom stereocenters. The standard InChI is InChI=1S/C23H28N2O3/c1-15-19(22(26)28-23(3,4)5)18-13-10-14-24-21(18)25(15)16(2)20(27-6)17-11-8-7-9-12-17/h7-14,16,20H,1-6H3. The van der Waals surface area contributed by atoms with Gasteiger partial charge in [0.1, 0.15) is 17.4 Å². The van der Waals surface area contributed by atoms with Gasteiger partial charge in [-0.3, -0.25) is 0 Å². The Morgan fingerprint density at radius 2 is 1.79 bits per heavy atom. The second-order valence-corrected chi connectivity index (χ2v) is 8.01. The fourth-order valence-corrected chi connectivity index (χ4v) is 3.73. The maximum absolute atomic E-state index is 12.9. The zero-order valence-electron chi connectivity index (χ0n) is 17.4. The van der Waals surface area contributed by atoms with E-state index >= 15 is 0 Å². The van der Waals surface area contributed by atoms with E-state index in [1.807, 2.05) is 70.2 Å². The number of ether oxygens (including phenoxy) is 2. The van der Waals surface area contributed by atoms with Gasteiger partial charge in [-0.25, -0.2) is 9.78 Å². The highest BCUT2D eigenvalue weighted by Crippen LogP contribution is 2.36. The third-order valence-corrected chi connectivity index (χ3v) is 4.84. The number of fused-ring (bicyclic) bond motifs is 1. The Balaban J connectivity index is 2.14. The Morgan fingerprint density at radius 3 is 2.39 bits per heavy atom. The molecule has 0 spiro atoms. The summed E-state index contributed by atoms with van der Waals surface area (Å²) in [6.07, 6.45) is 1.57. The lowest BCUT2D eigenvalue weighted by Crippen LogP contribution is -2.24. The number of esters is 1. The van der Waals surface area contributed by atoms with Gasteiger partial charge in [0.05, 0.1) is 11.6 Å². The second-order valence-electron chi connectivity index (χ2n) is 8.01. The minimum absolute atomic E-state index is 0.0685. The molecule has 0 bridgehead atoms. The number of hydrogen-bond acceptors (Lipinski definition) is 4. The monoisotopic (exact) mass is 380 g/mol. The van der Waals surface area contributed by atoms with Crippen molar-refractivity contribution >= 4 is 17.0 Å². The Bertz CT molecular complexity index is 971. The number of rotatable bonds is 5. The van der Waals surface area contributed by atoms with E-state index in [0.717, 1.165) is 22.3 Å². The molecule has 3 aromatic rings. The molecule has 0 saturated heterocycles. The van der Waals surface area contributed by atoms with E-state index in [1.165, 1.54) is 0 Å². The minimum atomic E-state index is -0.565. The first kappa shape index (κ1) is 20.1. The molecule has 0 amide bonds. The number of carbonyl (C=O) groups is 1. The third kappa shape index (κ3) is 3.80. The zero-order valence-corrected chi connectivity index (χ0v) is 17.4. The van der Waals surface area contributed by atoms with Crippen LogP contribution in [0.15, 0.2) is 48.7 Å². The van der Waals surface area contributed by atoms with Crippen LogP contribution in [0.5, 0.6) is 0 Å². The Morgan fingerprint density at radius 1 is 1.11 bits per heavy atom. The molecule has 148 valence electrons. The predicted octanol–water partition coefficient (Wildman–Crippen LogP) is 5.25. The van der Waals surface area contributed by atoms with E-state index in [9.17, 15) is 4.79 Å². The fourth-order valence-electron chi connectivity index (χ4n) is 3.73. The summed E-state index contributed by atoms with van der Waals surface area (Å²) in [4.78, 5) is 17.5. The van der Waals surface area contributed by atoms with Gasteiger partial charge in [0.25, 0.3) is 0 Å². The molecule has 5 nitrogen and oxygen atoms in total. The molecule has 28 heavy (non-hydrogen) atoms. The molecule has 2 atom stereocenters. The summed E-state index contributed by atoms with van der Waals surface area (Å²) >= 11 is 0. The predicted molar refractivity (Wildman–Crippen MR) is 111 cm³/mol. The number of methoxy groups -OCH3 is 1. The second kappa shape index (κ2) is 7.76. The van der Waals surface area contributed by atoms with Crippen molar-refractivity contribution in [2.24, 2.45) is 0 Å². The van der Waals surface area contributed by atoms with E-state index < -0.39 is 5.60 Å². The Hall–Kier alpha value is -2.66. The first-order valence-corrected chi connectivity index (χ1v) is 9.51. The highest BCUT2D eigenvalue weighted by atomic mass is 16.6. The molecule has 0 saturated carbocycles. The highest BCUT2D eigenvalue weighted by Gasteiger charge is 2.30. The van der Waals surface area contributed by atoms with Gasteiger partial charge >= 0.3 is 5.97 Å². The quantitative estimate of drug-likeness (QED) is 0.567. The average molecular weight is 380 g/mol. The number of benzene rings is 1. The normalized spacial score (nSPS) is 14.1. The summed E-state index contributed by atoms with van der Waals surface area (Å²) in [6, 6.07) is 13.8. The summed E-state index contributed by atoms with van der Waals surface area (Å²) in [5.41, 5.74) is 2.66.